The van der Waals surface area contributed by atoms with Gasteiger partial charge in [0.15, 0.2) is 6.61 Å². The number of hydrogen-bond acceptors (Lipinski definition) is 6. The summed E-state index contributed by atoms with van der Waals surface area (Å²) >= 11 is 0. The molecule has 0 aliphatic carbocycles. The Labute approximate surface area is 193 Å². The fraction of sp³-hybridized carbons (Fsp3) is 0.391. The maximum absolute atomic E-state index is 12.8. The Hall–Kier alpha value is -2.95. The first-order chi connectivity index (χ1) is 15.8. The van der Waals surface area contributed by atoms with Gasteiger partial charge in [0.2, 0.25) is 10.0 Å². The summed E-state index contributed by atoms with van der Waals surface area (Å²) in [6, 6.07) is 11.0. The molecule has 2 heterocycles. The first-order valence-electron chi connectivity index (χ1n) is 10.8. The van der Waals surface area contributed by atoms with Gasteiger partial charge in [0.25, 0.3) is 11.8 Å². The first-order valence-corrected chi connectivity index (χ1v) is 12.3. The van der Waals surface area contributed by atoms with Gasteiger partial charge in [-0.25, -0.2) is 8.42 Å². The van der Waals surface area contributed by atoms with E-state index in [4.69, 9.17) is 9.47 Å². The molecule has 0 atom stereocenters. The highest BCUT2D eigenvalue weighted by molar-refractivity contribution is 7.89. The van der Waals surface area contributed by atoms with Gasteiger partial charge >= 0.3 is 0 Å². The Morgan fingerprint density at radius 1 is 1.09 bits per heavy atom. The quantitative estimate of drug-likeness (QED) is 0.691. The molecule has 2 aliphatic rings. The van der Waals surface area contributed by atoms with Gasteiger partial charge in [-0.1, -0.05) is 13.8 Å². The predicted octanol–water partition coefficient (Wildman–Crippen LogP) is 2.34. The van der Waals surface area contributed by atoms with Crippen molar-refractivity contribution in [3.63, 3.8) is 0 Å². The molecular weight excluding hydrogens is 446 g/mol. The van der Waals surface area contributed by atoms with Crippen molar-refractivity contribution in [1.82, 2.24) is 4.31 Å². The topological polar surface area (TPSA) is 105 Å². The molecule has 2 aromatic carbocycles. The Bertz CT molecular complexity index is 1140. The zero-order chi connectivity index (χ0) is 23.6. The Morgan fingerprint density at radius 3 is 2.45 bits per heavy atom. The van der Waals surface area contributed by atoms with Crippen molar-refractivity contribution in [3.05, 3.63) is 48.0 Å². The van der Waals surface area contributed by atoms with E-state index in [0.29, 0.717) is 55.5 Å². The minimum atomic E-state index is -3.62. The molecule has 1 N–H and O–H groups in total. The number of carbonyl (C=O) groups excluding carboxylic acids is 2. The lowest BCUT2D eigenvalue weighted by atomic mass is 10.1. The minimum absolute atomic E-state index is 0.00879. The third kappa shape index (κ3) is 5.02. The molecule has 1 saturated heterocycles. The molecule has 10 heteroatoms. The number of nitrogens with zero attached hydrogens (tertiary/aromatic N) is 2. The lowest BCUT2D eigenvalue weighted by molar-refractivity contribution is -0.121. The fourth-order valence-corrected chi connectivity index (χ4v) is 5.17. The molecule has 0 bridgehead atoms. The van der Waals surface area contributed by atoms with Gasteiger partial charge in [-0.2, -0.15) is 4.31 Å². The Morgan fingerprint density at radius 2 is 1.79 bits per heavy atom. The van der Waals surface area contributed by atoms with Gasteiger partial charge in [0.1, 0.15) is 5.75 Å². The summed E-state index contributed by atoms with van der Waals surface area (Å²) < 4.78 is 37.6. The van der Waals surface area contributed by atoms with Crippen molar-refractivity contribution in [2.45, 2.75) is 18.7 Å². The van der Waals surface area contributed by atoms with Crippen molar-refractivity contribution >= 4 is 33.2 Å². The molecule has 0 spiro atoms. The number of ether oxygens (including phenoxy) is 2. The second-order valence-electron chi connectivity index (χ2n) is 8.36. The minimum Gasteiger partial charge on any atom is -0.482 e. The smallest absolute Gasteiger partial charge is 0.265 e. The molecule has 0 saturated carbocycles. The molecule has 2 aromatic rings. The highest BCUT2D eigenvalue weighted by atomic mass is 32.2. The molecular formula is C23H27N3O6S. The van der Waals surface area contributed by atoms with Gasteiger partial charge < -0.3 is 19.7 Å². The molecule has 9 nitrogen and oxygen atoms in total. The van der Waals surface area contributed by atoms with Gasteiger partial charge in [0.05, 0.1) is 23.8 Å². The molecule has 2 aliphatic heterocycles. The van der Waals surface area contributed by atoms with Crippen LogP contribution in [0.25, 0.3) is 0 Å². The van der Waals surface area contributed by atoms with Crippen LogP contribution in [0.5, 0.6) is 5.75 Å². The predicted molar refractivity (Wildman–Crippen MR) is 123 cm³/mol. The van der Waals surface area contributed by atoms with Gasteiger partial charge in [-0.05, 0) is 48.4 Å². The van der Waals surface area contributed by atoms with Crippen LogP contribution in [0.2, 0.25) is 0 Å². The number of anilines is 2. The summed E-state index contributed by atoms with van der Waals surface area (Å²) in [5.41, 5.74) is 1.44. The zero-order valence-corrected chi connectivity index (χ0v) is 19.4. The van der Waals surface area contributed by atoms with E-state index in [1.54, 1.807) is 23.1 Å². The van der Waals surface area contributed by atoms with Gasteiger partial charge in [0, 0.05) is 30.9 Å². The lowest BCUT2D eigenvalue weighted by Gasteiger charge is -2.31. The largest absolute Gasteiger partial charge is 0.482 e. The fourth-order valence-electron chi connectivity index (χ4n) is 3.76. The monoisotopic (exact) mass is 473 g/mol. The van der Waals surface area contributed by atoms with E-state index in [2.05, 4.69) is 5.32 Å². The lowest BCUT2D eigenvalue weighted by Crippen LogP contribution is -2.41. The zero-order valence-electron chi connectivity index (χ0n) is 18.6. The molecule has 176 valence electrons. The second-order valence-corrected chi connectivity index (χ2v) is 10.3. The van der Waals surface area contributed by atoms with E-state index in [-0.39, 0.29) is 29.2 Å². The highest BCUT2D eigenvalue weighted by Crippen LogP contribution is 2.35. The van der Waals surface area contributed by atoms with E-state index in [1.807, 2.05) is 13.8 Å². The maximum Gasteiger partial charge on any atom is 0.265 e. The van der Waals surface area contributed by atoms with Crippen LogP contribution in [0.3, 0.4) is 0 Å². The number of hydrogen-bond donors (Lipinski definition) is 1. The summed E-state index contributed by atoms with van der Waals surface area (Å²) in [5, 5.41) is 2.81. The number of nitrogens with one attached hydrogen (secondary N) is 1. The molecule has 33 heavy (non-hydrogen) atoms. The third-order valence-corrected chi connectivity index (χ3v) is 7.34. The van der Waals surface area contributed by atoms with Gasteiger partial charge in [-0.3, -0.25) is 9.59 Å². The second kappa shape index (κ2) is 9.50. The molecule has 4 rings (SSSR count). The van der Waals surface area contributed by atoms with Crippen LogP contribution in [-0.4, -0.2) is 64.0 Å². The van der Waals surface area contributed by atoms with Crippen LogP contribution in [0.4, 0.5) is 11.4 Å². The summed E-state index contributed by atoms with van der Waals surface area (Å²) in [7, 11) is -3.62. The first kappa shape index (κ1) is 23.2. The Balaban J connectivity index is 1.50. The molecule has 0 unspecified atom stereocenters. The SMILES string of the molecule is CC(C)CN1C(=O)COc2ccc(NC(=O)c3ccc(S(=O)(=O)N4CCOCC4)cc3)cc21. The van der Waals surface area contributed by atoms with Crippen LogP contribution in [0.15, 0.2) is 47.4 Å². The summed E-state index contributed by atoms with van der Waals surface area (Å²) in [6.45, 7) is 5.94. The van der Waals surface area contributed by atoms with Crippen molar-refractivity contribution in [2.75, 3.05) is 49.7 Å². The van der Waals surface area contributed by atoms with Crippen LogP contribution in [0.1, 0.15) is 24.2 Å². The molecule has 1 fully saturated rings. The van der Waals surface area contributed by atoms with E-state index in [9.17, 15) is 18.0 Å². The van der Waals surface area contributed by atoms with E-state index in [1.165, 1.54) is 28.6 Å². The molecule has 0 aromatic heterocycles. The number of fused-ring (bicyclic) bond motifs is 1. The summed E-state index contributed by atoms with van der Waals surface area (Å²) in [4.78, 5) is 26.9. The number of carbonyl (C=O) groups is 2. The number of rotatable bonds is 6. The van der Waals surface area contributed by atoms with Crippen LogP contribution < -0.4 is 15.0 Å². The van der Waals surface area contributed by atoms with E-state index < -0.39 is 10.0 Å². The van der Waals surface area contributed by atoms with Gasteiger partial charge in [-0.15, -0.1) is 0 Å². The number of morpholine rings is 1. The summed E-state index contributed by atoms with van der Waals surface area (Å²) in [6.07, 6.45) is 0. The third-order valence-electron chi connectivity index (χ3n) is 5.43. The summed E-state index contributed by atoms with van der Waals surface area (Å²) in [5.74, 6) is 0.344. The normalized spacial score (nSPS) is 16.9. The number of amides is 2. The van der Waals surface area contributed by atoms with Crippen LogP contribution in [0, 0.1) is 5.92 Å². The molecule has 2 amide bonds. The maximum atomic E-state index is 12.8. The van der Waals surface area contributed by atoms with Crippen molar-refractivity contribution < 1.29 is 27.5 Å². The average molecular weight is 474 g/mol. The van der Waals surface area contributed by atoms with Crippen molar-refractivity contribution in [1.29, 1.82) is 0 Å². The van der Waals surface area contributed by atoms with E-state index >= 15 is 0 Å². The molecule has 0 radical (unpaired) electrons. The van der Waals surface area contributed by atoms with E-state index in [0.717, 1.165) is 0 Å². The highest BCUT2D eigenvalue weighted by Gasteiger charge is 2.28. The standard InChI is InChI=1S/C23H27N3O6S/c1-16(2)14-26-20-13-18(5-8-21(20)32-15-22(26)27)24-23(28)17-3-6-19(7-4-17)33(29,30)25-9-11-31-12-10-25/h3-8,13,16H,9-12,14-15H2,1-2H3,(H,24,28). The average Bonchev–Trinajstić information content (AvgIpc) is 2.81. The Kier molecular flexibility index (Phi) is 6.68. The van der Waals surface area contributed by atoms with Crippen molar-refractivity contribution in [3.8, 4) is 5.75 Å². The van der Waals surface area contributed by atoms with Crippen molar-refractivity contribution in [2.24, 2.45) is 5.92 Å². The number of benzene rings is 2. The van der Waals surface area contributed by atoms with Crippen LogP contribution >= 0.6 is 0 Å². The number of sulfonamides is 1. The van der Waals surface area contributed by atoms with Crippen LogP contribution in [-0.2, 0) is 19.6 Å².